The maximum atomic E-state index is 13.1. The van der Waals surface area contributed by atoms with Crippen molar-refractivity contribution < 1.29 is 8.78 Å². The molecule has 0 unspecified atom stereocenters. The molecule has 20 heavy (non-hydrogen) atoms. The molecule has 1 N–H and O–H groups in total. The zero-order valence-corrected chi connectivity index (χ0v) is 12.1. The molecule has 0 spiro atoms. The summed E-state index contributed by atoms with van der Waals surface area (Å²) in [5.41, 5.74) is 1.89. The maximum Gasteiger partial charge on any atom is 0.126 e. The molecule has 0 heterocycles. The van der Waals surface area contributed by atoms with Gasteiger partial charge in [0, 0.05) is 23.3 Å². The molecule has 4 heteroatoms. The van der Waals surface area contributed by atoms with Gasteiger partial charge in [0.1, 0.15) is 11.6 Å². The molecule has 2 aromatic carbocycles. The highest BCUT2D eigenvalue weighted by atomic mass is 32.2. The van der Waals surface area contributed by atoms with Gasteiger partial charge < -0.3 is 5.32 Å². The first kappa shape index (κ1) is 15.0. The van der Waals surface area contributed by atoms with Crippen molar-refractivity contribution in [2.75, 3.05) is 6.54 Å². The lowest BCUT2D eigenvalue weighted by Gasteiger charge is -2.05. The van der Waals surface area contributed by atoms with Gasteiger partial charge in [-0.2, -0.15) is 0 Å². The third-order valence-electron chi connectivity index (χ3n) is 2.83. The fourth-order valence-electron chi connectivity index (χ4n) is 1.83. The van der Waals surface area contributed by atoms with E-state index in [2.05, 4.69) is 24.4 Å². The summed E-state index contributed by atoms with van der Waals surface area (Å²) in [6, 6.07) is 11.8. The molecule has 0 aromatic heterocycles. The summed E-state index contributed by atoms with van der Waals surface area (Å²) in [7, 11) is 0. The molecule has 0 fully saturated rings. The largest absolute Gasteiger partial charge is 0.313 e. The maximum absolute atomic E-state index is 13.1. The normalized spacial score (nSPS) is 10.8. The second-order valence-electron chi connectivity index (χ2n) is 4.49. The highest BCUT2D eigenvalue weighted by molar-refractivity contribution is 7.98. The monoisotopic (exact) mass is 293 g/mol. The summed E-state index contributed by atoms with van der Waals surface area (Å²) >= 11 is 1.57. The lowest BCUT2D eigenvalue weighted by molar-refractivity contribution is 0.581. The van der Waals surface area contributed by atoms with E-state index in [-0.39, 0.29) is 0 Å². The topological polar surface area (TPSA) is 12.0 Å². The van der Waals surface area contributed by atoms with E-state index >= 15 is 0 Å². The van der Waals surface area contributed by atoms with Gasteiger partial charge in [-0.25, -0.2) is 8.78 Å². The summed E-state index contributed by atoms with van der Waals surface area (Å²) in [5, 5.41) is 3.26. The minimum Gasteiger partial charge on any atom is -0.313 e. The van der Waals surface area contributed by atoms with Gasteiger partial charge in [0.2, 0.25) is 0 Å². The van der Waals surface area contributed by atoms with Crippen molar-refractivity contribution in [1.82, 2.24) is 5.32 Å². The van der Waals surface area contributed by atoms with E-state index in [1.165, 1.54) is 17.7 Å². The van der Waals surface area contributed by atoms with E-state index in [4.69, 9.17) is 0 Å². The van der Waals surface area contributed by atoms with E-state index in [0.29, 0.717) is 11.3 Å². The predicted molar refractivity (Wildman–Crippen MR) is 79.7 cm³/mol. The highest BCUT2D eigenvalue weighted by Gasteiger charge is 2.02. The van der Waals surface area contributed by atoms with Gasteiger partial charge >= 0.3 is 0 Å². The minimum absolute atomic E-state index is 0.526. The molecule has 0 saturated heterocycles. The SMILES string of the molecule is CCNCc1ccc(SCc2cc(F)cc(F)c2)cc1. The lowest BCUT2D eigenvalue weighted by Crippen LogP contribution is -2.11. The van der Waals surface area contributed by atoms with Crippen molar-refractivity contribution in [2.24, 2.45) is 0 Å². The molecule has 0 aliphatic carbocycles. The molecular formula is C16H17F2NS. The summed E-state index contributed by atoms with van der Waals surface area (Å²) in [4.78, 5) is 1.09. The van der Waals surface area contributed by atoms with E-state index in [0.717, 1.165) is 24.1 Å². The van der Waals surface area contributed by atoms with E-state index in [1.807, 2.05) is 12.1 Å². The number of thioether (sulfide) groups is 1. The van der Waals surface area contributed by atoms with Crippen molar-refractivity contribution in [2.45, 2.75) is 24.1 Å². The Balaban J connectivity index is 1.93. The van der Waals surface area contributed by atoms with Crippen molar-refractivity contribution >= 4 is 11.8 Å². The van der Waals surface area contributed by atoms with Crippen LogP contribution in [0.15, 0.2) is 47.4 Å². The Labute approximate surface area is 122 Å². The molecule has 0 aliphatic heterocycles. The van der Waals surface area contributed by atoms with Gasteiger partial charge in [-0.05, 0) is 41.9 Å². The molecule has 106 valence electrons. The molecule has 2 rings (SSSR count). The zero-order valence-electron chi connectivity index (χ0n) is 11.3. The van der Waals surface area contributed by atoms with Crippen LogP contribution in [-0.4, -0.2) is 6.54 Å². The Bertz CT molecular complexity index is 535. The Kier molecular flexibility index (Phi) is 5.56. The van der Waals surface area contributed by atoms with Crippen molar-refractivity contribution in [1.29, 1.82) is 0 Å². The number of rotatable bonds is 6. The van der Waals surface area contributed by atoms with Crippen molar-refractivity contribution in [3.63, 3.8) is 0 Å². The average Bonchev–Trinajstić information content (AvgIpc) is 2.43. The lowest BCUT2D eigenvalue weighted by atomic mass is 10.2. The molecule has 0 bridgehead atoms. The van der Waals surface area contributed by atoms with Gasteiger partial charge in [-0.1, -0.05) is 19.1 Å². The van der Waals surface area contributed by atoms with Crippen LogP contribution in [0.25, 0.3) is 0 Å². The second-order valence-corrected chi connectivity index (χ2v) is 5.54. The van der Waals surface area contributed by atoms with Gasteiger partial charge in [-0.3, -0.25) is 0 Å². The van der Waals surface area contributed by atoms with Gasteiger partial charge in [0.05, 0.1) is 0 Å². The fraction of sp³-hybridized carbons (Fsp3) is 0.250. The number of hydrogen-bond acceptors (Lipinski definition) is 2. The number of halogens is 2. The third-order valence-corrected chi connectivity index (χ3v) is 3.91. The highest BCUT2D eigenvalue weighted by Crippen LogP contribution is 2.24. The molecule has 0 radical (unpaired) electrons. The Hall–Kier alpha value is -1.39. The molecule has 2 aromatic rings. The molecule has 0 amide bonds. The summed E-state index contributed by atoms with van der Waals surface area (Å²) in [5.74, 6) is -0.496. The summed E-state index contributed by atoms with van der Waals surface area (Å²) in [6.07, 6.45) is 0. The van der Waals surface area contributed by atoms with Crippen molar-refractivity contribution in [3.05, 3.63) is 65.2 Å². The van der Waals surface area contributed by atoms with Crippen LogP contribution in [-0.2, 0) is 12.3 Å². The van der Waals surface area contributed by atoms with Crippen molar-refractivity contribution in [3.8, 4) is 0 Å². The van der Waals surface area contributed by atoms with Crippen LogP contribution in [0, 0.1) is 11.6 Å². The average molecular weight is 293 g/mol. The first-order chi connectivity index (χ1) is 9.67. The van der Waals surface area contributed by atoms with E-state index < -0.39 is 11.6 Å². The molecular weight excluding hydrogens is 276 g/mol. The Morgan fingerprint density at radius 3 is 2.20 bits per heavy atom. The molecule has 0 saturated carbocycles. The van der Waals surface area contributed by atoms with E-state index in [9.17, 15) is 8.78 Å². The summed E-state index contributed by atoms with van der Waals surface area (Å²) < 4.78 is 26.1. The molecule has 0 atom stereocenters. The number of nitrogens with one attached hydrogen (secondary N) is 1. The summed E-state index contributed by atoms with van der Waals surface area (Å²) in [6.45, 7) is 3.88. The van der Waals surface area contributed by atoms with Crippen LogP contribution >= 0.6 is 11.8 Å². The smallest absolute Gasteiger partial charge is 0.126 e. The fourth-order valence-corrected chi connectivity index (χ4v) is 2.66. The second kappa shape index (κ2) is 7.41. The standard InChI is InChI=1S/C16H17F2NS/c1-2-19-10-12-3-5-16(6-4-12)20-11-13-7-14(17)9-15(18)8-13/h3-9,19H,2,10-11H2,1H3. The van der Waals surface area contributed by atoms with Crippen LogP contribution < -0.4 is 5.32 Å². The Morgan fingerprint density at radius 1 is 0.950 bits per heavy atom. The van der Waals surface area contributed by atoms with Crippen LogP contribution in [0.2, 0.25) is 0 Å². The van der Waals surface area contributed by atoms with Gasteiger partial charge in [-0.15, -0.1) is 11.8 Å². The Morgan fingerprint density at radius 2 is 1.60 bits per heavy atom. The minimum atomic E-state index is -0.526. The molecule has 0 aliphatic rings. The van der Waals surface area contributed by atoms with Gasteiger partial charge in [0.25, 0.3) is 0 Å². The number of benzene rings is 2. The van der Waals surface area contributed by atoms with Crippen LogP contribution in [0.1, 0.15) is 18.1 Å². The number of hydrogen-bond donors (Lipinski definition) is 1. The van der Waals surface area contributed by atoms with E-state index in [1.54, 1.807) is 11.8 Å². The van der Waals surface area contributed by atoms with Crippen LogP contribution in [0.3, 0.4) is 0 Å². The van der Waals surface area contributed by atoms with Gasteiger partial charge in [0.15, 0.2) is 0 Å². The predicted octanol–water partition coefficient (Wildman–Crippen LogP) is 4.37. The van der Waals surface area contributed by atoms with Crippen LogP contribution in [0.4, 0.5) is 8.78 Å². The first-order valence-corrected chi connectivity index (χ1v) is 7.53. The van der Waals surface area contributed by atoms with Crippen LogP contribution in [0.5, 0.6) is 0 Å². The zero-order chi connectivity index (χ0) is 14.4. The quantitative estimate of drug-likeness (QED) is 0.794. The third kappa shape index (κ3) is 4.62. The molecule has 1 nitrogen and oxygen atoms in total. The first-order valence-electron chi connectivity index (χ1n) is 6.55.